The van der Waals surface area contributed by atoms with Crippen LogP contribution in [0.5, 0.6) is 0 Å². The first-order valence-electron chi connectivity index (χ1n) is 8.09. The lowest BCUT2D eigenvalue weighted by molar-refractivity contribution is -0.132. The number of imidazole rings is 1. The first kappa shape index (κ1) is 16.3. The molecule has 0 spiro atoms. The van der Waals surface area contributed by atoms with Gasteiger partial charge in [0.05, 0.1) is 11.0 Å². The molecular weight excluding hydrogens is 313 g/mol. The summed E-state index contributed by atoms with van der Waals surface area (Å²) in [5.74, 6) is 2.29. The molecule has 0 aliphatic carbocycles. The number of halogens is 1. The second-order valence-electron chi connectivity index (χ2n) is 6.03. The standard InChI is InChI=1S/C17H22FN3OS/c1-23-10-2-3-16(22)21-8-6-12(7-9-21)17-19-14-5-4-13(18)11-15(14)20-17/h4-5,11-12H,2-3,6-10H2,1H3,(H,19,20). The van der Waals surface area contributed by atoms with Gasteiger partial charge in [-0.2, -0.15) is 11.8 Å². The van der Waals surface area contributed by atoms with Crippen LogP contribution in [0.2, 0.25) is 0 Å². The van der Waals surface area contributed by atoms with Crippen LogP contribution >= 0.6 is 11.8 Å². The number of nitrogens with one attached hydrogen (secondary N) is 1. The predicted octanol–water partition coefficient (Wildman–Crippen LogP) is 3.55. The predicted molar refractivity (Wildman–Crippen MR) is 92.2 cm³/mol. The van der Waals surface area contributed by atoms with Gasteiger partial charge in [-0.15, -0.1) is 0 Å². The zero-order valence-electron chi connectivity index (χ0n) is 13.3. The summed E-state index contributed by atoms with van der Waals surface area (Å²) < 4.78 is 13.3. The van der Waals surface area contributed by atoms with Crippen molar-refractivity contribution >= 4 is 28.7 Å². The van der Waals surface area contributed by atoms with Crippen molar-refractivity contribution in [1.29, 1.82) is 0 Å². The molecule has 2 aromatic rings. The van der Waals surface area contributed by atoms with Crippen LogP contribution in [0.25, 0.3) is 11.0 Å². The highest BCUT2D eigenvalue weighted by Crippen LogP contribution is 2.28. The van der Waals surface area contributed by atoms with Gasteiger partial charge in [0.2, 0.25) is 5.91 Å². The molecule has 2 heterocycles. The van der Waals surface area contributed by atoms with Crippen molar-refractivity contribution in [2.24, 2.45) is 0 Å². The summed E-state index contributed by atoms with van der Waals surface area (Å²) in [6.45, 7) is 1.57. The van der Waals surface area contributed by atoms with Gasteiger partial charge in [-0.3, -0.25) is 4.79 Å². The normalized spacial score (nSPS) is 16.2. The highest BCUT2D eigenvalue weighted by molar-refractivity contribution is 7.98. The topological polar surface area (TPSA) is 49.0 Å². The molecule has 6 heteroatoms. The van der Waals surface area contributed by atoms with Gasteiger partial charge in [0, 0.05) is 25.4 Å². The molecule has 0 radical (unpaired) electrons. The highest BCUT2D eigenvalue weighted by atomic mass is 32.2. The number of likely N-dealkylation sites (tertiary alicyclic amines) is 1. The monoisotopic (exact) mass is 335 g/mol. The summed E-state index contributed by atoms with van der Waals surface area (Å²) in [6, 6.07) is 4.62. The quantitative estimate of drug-likeness (QED) is 0.850. The van der Waals surface area contributed by atoms with Crippen molar-refractivity contribution in [3.8, 4) is 0 Å². The number of amides is 1. The van der Waals surface area contributed by atoms with Gasteiger partial charge < -0.3 is 9.88 Å². The molecular formula is C17H22FN3OS. The maximum Gasteiger partial charge on any atom is 0.222 e. The Bertz CT molecular complexity index is 680. The van der Waals surface area contributed by atoms with Gasteiger partial charge in [-0.1, -0.05) is 0 Å². The number of piperidine rings is 1. The van der Waals surface area contributed by atoms with Crippen LogP contribution in [0.15, 0.2) is 18.2 Å². The van der Waals surface area contributed by atoms with E-state index in [0.29, 0.717) is 12.3 Å². The Labute approximate surface area is 139 Å². The van der Waals surface area contributed by atoms with E-state index >= 15 is 0 Å². The molecule has 1 aliphatic heterocycles. The Morgan fingerprint density at radius 3 is 2.96 bits per heavy atom. The van der Waals surface area contributed by atoms with Crippen molar-refractivity contribution in [2.75, 3.05) is 25.1 Å². The zero-order chi connectivity index (χ0) is 16.2. The lowest BCUT2D eigenvalue weighted by Crippen LogP contribution is -2.38. The molecule has 3 rings (SSSR count). The number of thioether (sulfide) groups is 1. The van der Waals surface area contributed by atoms with Gasteiger partial charge in [-0.05, 0) is 49.5 Å². The van der Waals surface area contributed by atoms with Crippen molar-refractivity contribution < 1.29 is 9.18 Å². The van der Waals surface area contributed by atoms with Crippen LogP contribution in [0.3, 0.4) is 0 Å². The fourth-order valence-corrected chi connectivity index (χ4v) is 3.56. The van der Waals surface area contributed by atoms with E-state index < -0.39 is 0 Å². The minimum absolute atomic E-state index is 0.252. The maximum absolute atomic E-state index is 13.3. The van der Waals surface area contributed by atoms with E-state index in [1.165, 1.54) is 12.1 Å². The van der Waals surface area contributed by atoms with E-state index in [1.54, 1.807) is 17.8 Å². The van der Waals surface area contributed by atoms with Crippen LogP contribution < -0.4 is 0 Å². The van der Waals surface area contributed by atoms with E-state index in [1.807, 2.05) is 4.90 Å². The highest BCUT2D eigenvalue weighted by Gasteiger charge is 2.25. The Morgan fingerprint density at radius 2 is 2.22 bits per heavy atom. The van der Waals surface area contributed by atoms with Crippen LogP contribution in [0, 0.1) is 5.82 Å². The summed E-state index contributed by atoms with van der Waals surface area (Å²) in [5.41, 5.74) is 1.55. The van der Waals surface area contributed by atoms with Gasteiger partial charge in [0.1, 0.15) is 11.6 Å². The molecule has 23 heavy (non-hydrogen) atoms. The Kier molecular flexibility index (Phi) is 5.20. The third kappa shape index (κ3) is 3.86. The smallest absolute Gasteiger partial charge is 0.222 e. The third-order valence-electron chi connectivity index (χ3n) is 4.44. The number of aromatic amines is 1. The van der Waals surface area contributed by atoms with Crippen molar-refractivity contribution in [3.63, 3.8) is 0 Å². The summed E-state index contributed by atoms with van der Waals surface area (Å²) in [4.78, 5) is 21.9. The van der Waals surface area contributed by atoms with E-state index in [4.69, 9.17) is 0 Å². The molecule has 1 saturated heterocycles. The number of H-pyrrole nitrogens is 1. The Balaban J connectivity index is 1.58. The van der Waals surface area contributed by atoms with Gasteiger partial charge >= 0.3 is 0 Å². The molecule has 4 nitrogen and oxygen atoms in total. The molecule has 1 aromatic heterocycles. The summed E-state index contributed by atoms with van der Waals surface area (Å²) in [7, 11) is 0. The maximum atomic E-state index is 13.3. The Morgan fingerprint density at radius 1 is 1.43 bits per heavy atom. The fourth-order valence-electron chi connectivity index (χ4n) is 3.12. The lowest BCUT2D eigenvalue weighted by Gasteiger charge is -2.31. The van der Waals surface area contributed by atoms with E-state index in [2.05, 4.69) is 16.2 Å². The molecule has 1 aliphatic rings. The Hall–Kier alpha value is -1.56. The number of fused-ring (bicyclic) bond motifs is 1. The minimum Gasteiger partial charge on any atom is -0.343 e. The lowest BCUT2D eigenvalue weighted by atomic mass is 9.96. The number of nitrogens with zero attached hydrogens (tertiary/aromatic N) is 2. The van der Waals surface area contributed by atoms with E-state index in [9.17, 15) is 9.18 Å². The van der Waals surface area contributed by atoms with Crippen molar-refractivity contribution in [2.45, 2.75) is 31.6 Å². The first-order valence-corrected chi connectivity index (χ1v) is 9.48. The molecule has 0 saturated carbocycles. The van der Waals surface area contributed by atoms with Gasteiger partial charge in [0.15, 0.2) is 0 Å². The second-order valence-corrected chi connectivity index (χ2v) is 7.02. The number of benzene rings is 1. The molecule has 1 amide bonds. The number of hydrogen-bond donors (Lipinski definition) is 1. The summed E-state index contributed by atoms with van der Waals surface area (Å²) in [6.07, 6.45) is 5.49. The van der Waals surface area contributed by atoms with Crippen LogP contribution in [-0.2, 0) is 4.79 Å². The number of carbonyl (C=O) groups excluding carboxylic acids is 1. The van der Waals surface area contributed by atoms with Crippen LogP contribution in [0.1, 0.15) is 37.4 Å². The van der Waals surface area contributed by atoms with E-state index in [-0.39, 0.29) is 11.7 Å². The largest absolute Gasteiger partial charge is 0.343 e. The van der Waals surface area contributed by atoms with Crippen molar-refractivity contribution in [1.82, 2.24) is 14.9 Å². The van der Waals surface area contributed by atoms with Crippen molar-refractivity contribution in [3.05, 3.63) is 29.8 Å². The zero-order valence-corrected chi connectivity index (χ0v) is 14.2. The van der Waals surface area contributed by atoms with E-state index in [0.717, 1.165) is 55.0 Å². The van der Waals surface area contributed by atoms with Gasteiger partial charge in [0.25, 0.3) is 0 Å². The molecule has 1 aromatic carbocycles. The fraction of sp³-hybridized carbons (Fsp3) is 0.529. The van der Waals surface area contributed by atoms with Gasteiger partial charge in [-0.25, -0.2) is 9.37 Å². The second kappa shape index (κ2) is 7.34. The first-order chi connectivity index (χ1) is 11.2. The number of carbonyl (C=O) groups is 1. The number of hydrogen-bond acceptors (Lipinski definition) is 3. The van der Waals surface area contributed by atoms with Crippen LogP contribution in [0.4, 0.5) is 4.39 Å². The molecule has 124 valence electrons. The molecule has 0 bridgehead atoms. The number of rotatable bonds is 5. The summed E-state index contributed by atoms with van der Waals surface area (Å²) >= 11 is 1.78. The minimum atomic E-state index is -0.252. The average Bonchev–Trinajstić information content (AvgIpc) is 2.98. The average molecular weight is 335 g/mol. The molecule has 1 N–H and O–H groups in total. The molecule has 0 unspecified atom stereocenters. The number of aromatic nitrogens is 2. The third-order valence-corrected chi connectivity index (χ3v) is 5.13. The SMILES string of the molecule is CSCCCC(=O)N1CCC(c2nc3ccc(F)cc3[nH]2)CC1. The summed E-state index contributed by atoms with van der Waals surface area (Å²) in [5, 5.41) is 0. The molecule has 1 fully saturated rings. The van der Waals surface area contributed by atoms with Crippen LogP contribution in [-0.4, -0.2) is 45.9 Å². The molecule has 0 atom stereocenters.